The highest BCUT2D eigenvalue weighted by molar-refractivity contribution is 6.02. The molecular formula is C19H21N3O2. The van der Waals surface area contributed by atoms with Crippen LogP contribution in [0.15, 0.2) is 36.4 Å². The second-order valence-electron chi connectivity index (χ2n) is 5.95. The van der Waals surface area contributed by atoms with Crippen molar-refractivity contribution in [2.24, 2.45) is 5.73 Å². The fraction of sp³-hybridized carbons (Fsp3) is 0.263. The molecule has 0 atom stereocenters. The number of carbonyl (C=O) groups is 1. The van der Waals surface area contributed by atoms with Gasteiger partial charge in [0, 0.05) is 24.2 Å². The van der Waals surface area contributed by atoms with Crippen molar-refractivity contribution < 1.29 is 9.53 Å². The van der Waals surface area contributed by atoms with Gasteiger partial charge in [0.1, 0.15) is 11.6 Å². The Morgan fingerprint density at radius 2 is 2.00 bits per heavy atom. The molecule has 0 aliphatic carbocycles. The third-order valence-electron chi connectivity index (χ3n) is 4.39. The molecule has 0 bridgehead atoms. The van der Waals surface area contributed by atoms with Crippen LogP contribution in [0.3, 0.4) is 0 Å². The van der Waals surface area contributed by atoms with E-state index in [0.717, 1.165) is 34.4 Å². The van der Waals surface area contributed by atoms with Crippen molar-refractivity contribution in [1.29, 1.82) is 5.41 Å². The minimum absolute atomic E-state index is 0.0357. The van der Waals surface area contributed by atoms with Gasteiger partial charge in [-0.15, -0.1) is 0 Å². The summed E-state index contributed by atoms with van der Waals surface area (Å²) in [6, 6.07) is 11.5. The second-order valence-corrected chi connectivity index (χ2v) is 5.95. The van der Waals surface area contributed by atoms with Crippen molar-refractivity contribution in [1.82, 2.24) is 4.90 Å². The van der Waals surface area contributed by atoms with Gasteiger partial charge in [0.15, 0.2) is 0 Å². The summed E-state index contributed by atoms with van der Waals surface area (Å²) in [7, 11) is 1.63. The summed E-state index contributed by atoms with van der Waals surface area (Å²) < 4.78 is 5.16. The van der Waals surface area contributed by atoms with Gasteiger partial charge in [0.05, 0.1) is 7.11 Å². The van der Waals surface area contributed by atoms with Gasteiger partial charge in [-0.3, -0.25) is 10.2 Å². The summed E-state index contributed by atoms with van der Waals surface area (Å²) in [4.78, 5) is 14.6. The standard InChI is InChI=1S/C19H21N3O2/c1-3-13-8-14(18(20)21)9-15-11-22(19(23)17(13)15)10-12-4-6-16(24-2)7-5-12/h4-9H,3,10-11H2,1-2H3,(H3,20,21). The molecular weight excluding hydrogens is 302 g/mol. The van der Waals surface area contributed by atoms with Crippen LogP contribution < -0.4 is 10.5 Å². The molecule has 1 aliphatic rings. The predicted molar refractivity (Wildman–Crippen MR) is 93.4 cm³/mol. The van der Waals surface area contributed by atoms with Crippen molar-refractivity contribution >= 4 is 11.7 Å². The number of nitrogens with zero attached hydrogens (tertiary/aromatic N) is 1. The zero-order valence-electron chi connectivity index (χ0n) is 13.9. The maximum atomic E-state index is 12.8. The van der Waals surface area contributed by atoms with Gasteiger partial charge in [-0.25, -0.2) is 0 Å². The van der Waals surface area contributed by atoms with Crippen LogP contribution in [0.5, 0.6) is 5.75 Å². The number of hydrogen-bond acceptors (Lipinski definition) is 3. The van der Waals surface area contributed by atoms with Gasteiger partial charge in [-0.1, -0.05) is 19.1 Å². The highest BCUT2D eigenvalue weighted by atomic mass is 16.5. The number of nitrogens with one attached hydrogen (secondary N) is 1. The van der Waals surface area contributed by atoms with E-state index in [1.54, 1.807) is 7.11 Å². The van der Waals surface area contributed by atoms with E-state index < -0.39 is 0 Å². The maximum Gasteiger partial charge on any atom is 0.255 e. The van der Waals surface area contributed by atoms with E-state index in [4.69, 9.17) is 15.9 Å². The number of amides is 1. The quantitative estimate of drug-likeness (QED) is 0.656. The van der Waals surface area contributed by atoms with Crippen LogP contribution in [0.1, 0.15) is 39.5 Å². The smallest absolute Gasteiger partial charge is 0.255 e. The van der Waals surface area contributed by atoms with Crippen LogP contribution in [0, 0.1) is 5.41 Å². The molecule has 5 heteroatoms. The van der Waals surface area contributed by atoms with Gasteiger partial charge < -0.3 is 15.4 Å². The monoisotopic (exact) mass is 323 g/mol. The number of ether oxygens (including phenoxy) is 1. The minimum Gasteiger partial charge on any atom is -0.497 e. The van der Waals surface area contributed by atoms with Crippen molar-refractivity contribution in [3.63, 3.8) is 0 Å². The second kappa shape index (κ2) is 6.35. The molecule has 1 amide bonds. The lowest BCUT2D eigenvalue weighted by Crippen LogP contribution is -2.23. The molecule has 1 aliphatic heterocycles. The van der Waals surface area contributed by atoms with Crippen LogP contribution in [0.25, 0.3) is 0 Å². The number of carbonyl (C=O) groups excluding carboxylic acids is 1. The highest BCUT2D eigenvalue weighted by Gasteiger charge is 2.30. The maximum absolute atomic E-state index is 12.8. The Morgan fingerprint density at radius 1 is 1.29 bits per heavy atom. The number of amidine groups is 1. The van der Waals surface area contributed by atoms with Gasteiger partial charge >= 0.3 is 0 Å². The highest BCUT2D eigenvalue weighted by Crippen LogP contribution is 2.29. The van der Waals surface area contributed by atoms with Crippen LogP contribution in [0.2, 0.25) is 0 Å². The largest absolute Gasteiger partial charge is 0.497 e. The summed E-state index contributed by atoms with van der Waals surface area (Å²) in [6.45, 7) is 3.11. The average Bonchev–Trinajstić information content (AvgIpc) is 2.90. The van der Waals surface area contributed by atoms with Crippen LogP contribution in [0.4, 0.5) is 0 Å². The first-order valence-corrected chi connectivity index (χ1v) is 7.96. The zero-order chi connectivity index (χ0) is 17.3. The molecule has 0 unspecified atom stereocenters. The molecule has 0 fully saturated rings. The molecule has 2 aromatic rings. The molecule has 1 heterocycles. The molecule has 0 saturated carbocycles. The molecule has 124 valence electrons. The van der Waals surface area contributed by atoms with E-state index in [2.05, 4.69) is 0 Å². The molecule has 5 nitrogen and oxygen atoms in total. The summed E-state index contributed by atoms with van der Waals surface area (Å²) in [5.41, 5.74) is 10.1. The van der Waals surface area contributed by atoms with Crippen LogP contribution in [-0.2, 0) is 19.5 Å². The van der Waals surface area contributed by atoms with Crippen molar-refractivity contribution in [2.45, 2.75) is 26.4 Å². The van der Waals surface area contributed by atoms with Gasteiger partial charge in [-0.05, 0) is 47.4 Å². The van der Waals surface area contributed by atoms with Crippen LogP contribution >= 0.6 is 0 Å². The van der Waals surface area contributed by atoms with E-state index in [0.29, 0.717) is 18.7 Å². The molecule has 3 rings (SSSR count). The van der Waals surface area contributed by atoms with Gasteiger partial charge in [0.25, 0.3) is 5.91 Å². The Bertz CT molecular complexity index is 797. The number of hydrogen-bond donors (Lipinski definition) is 2. The van der Waals surface area contributed by atoms with E-state index in [9.17, 15) is 4.79 Å². The summed E-state index contributed by atoms with van der Waals surface area (Å²) in [5, 5.41) is 7.66. The average molecular weight is 323 g/mol. The zero-order valence-corrected chi connectivity index (χ0v) is 13.9. The molecule has 0 saturated heterocycles. The lowest BCUT2D eigenvalue weighted by Gasteiger charge is -2.16. The lowest BCUT2D eigenvalue weighted by atomic mass is 9.97. The molecule has 0 radical (unpaired) electrons. The van der Waals surface area contributed by atoms with E-state index in [-0.39, 0.29) is 11.7 Å². The normalized spacial score (nSPS) is 13.1. The van der Waals surface area contributed by atoms with Gasteiger partial charge in [0.2, 0.25) is 0 Å². The fourth-order valence-corrected chi connectivity index (χ4v) is 3.12. The number of rotatable bonds is 5. The van der Waals surface area contributed by atoms with Crippen molar-refractivity contribution in [3.8, 4) is 5.75 Å². The third-order valence-corrected chi connectivity index (χ3v) is 4.39. The number of benzene rings is 2. The Hall–Kier alpha value is -2.82. The number of methoxy groups -OCH3 is 1. The topological polar surface area (TPSA) is 79.4 Å². The first-order valence-electron chi connectivity index (χ1n) is 7.96. The number of nitrogen functional groups attached to an aromatic ring is 1. The minimum atomic E-state index is 0.0357. The SMILES string of the molecule is CCc1cc(C(=N)N)cc2c1C(=O)N(Cc1ccc(OC)cc1)C2. The Labute approximate surface area is 141 Å². The summed E-state index contributed by atoms with van der Waals surface area (Å²) >= 11 is 0. The van der Waals surface area contributed by atoms with Crippen LogP contribution in [-0.4, -0.2) is 23.8 Å². The van der Waals surface area contributed by atoms with Gasteiger partial charge in [-0.2, -0.15) is 0 Å². The third kappa shape index (κ3) is 2.85. The molecule has 3 N–H and O–H groups in total. The first-order chi connectivity index (χ1) is 11.5. The van der Waals surface area contributed by atoms with E-state index in [1.165, 1.54) is 0 Å². The predicted octanol–water partition coefficient (Wildman–Crippen LogP) is 2.70. The number of fused-ring (bicyclic) bond motifs is 1. The molecule has 0 aromatic heterocycles. The van der Waals surface area contributed by atoms with E-state index >= 15 is 0 Å². The van der Waals surface area contributed by atoms with Crippen molar-refractivity contribution in [3.05, 3.63) is 64.2 Å². The number of aryl methyl sites for hydroxylation is 1. The lowest BCUT2D eigenvalue weighted by molar-refractivity contribution is 0.0766. The summed E-state index contributed by atoms with van der Waals surface area (Å²) in [6.07, 6.45) is 0.742. The van der Waals surface area contributed by atoms with E-state index in [1.807, 2.05) is 48.2 Å². The van der Waals surface area contributed by atoms with Crippen molar-refractivity contribution in [2.75, 3.05) is 7.11 Å². The summed E-state index contributed by atoms with van der Waals surface area (Å²) in [5.74, 6) is 0.885. The number of nitrogens with two attached hydrogens (primary N) is 1. The fourth-order valence-electron chi connectivity index (χ4n) is 3.12. The Morgan fingerprint density at radius 3 is 2.58 bits per heavy atom. The first kappa shape index (κ1) is 16.1. The molecule has 24 heavy (non-hydrogen) atoms. The Balaban J connectivity index is 1.88. The Kier molecular flexibility index (Phi) is 4.25. The molecule has 2 aromatic carbocycles. The molecule has 0 spiro atoms.